The SMILES string of the molecule is Cc1cc(C)cc(C(=O)N2CCCC(CNC(C)C)C2)c1. The largest absolute Gasteiger partial charge is 0.338 e. The third-order valence-electron chi connectivity index (χ3n) is 4.09. The van der Waals surface area contributed by atoms with Crippen LogP contribution in [0.15, 0.2) is 18.2 Å². The molecule has 0 radical (unpaired) electrons. The molecule has 0 aromatic heterocycles. The first kappa shape index (κ1) is 16.0. The van der Waals surface area contributed by atoms with Crippen LogP contribution in [0.1, 0.15) is 48.2 Å². The molecule has 1 amide bonds. The molecule has 0 aliphatic carbocycles. The maximum Gasteiger partial charge on any atom is 0.253 e. The van der Waals surface area contributed by atoms with Gasteiger partial charge in [0.1, 0.15) is 0 Å². The first-order valence-electron chi connectivity index (χ1n) is 8.06. The molecule has 1 aliphatic heterocycles. The number of rotatable bonds is 4. The lowest BCUT2D eigenvalue weighted by atomic mass is 9.96. The number of likely N-dealkylation sites (tertiary alicyclic amines) is 1. The van der Waals surface area contributed by atoms with E-state index in [0.717, 1.165) is 42.7 Å². The van der Waals surface area contributed by atoms with E-state index >= 15 is 0 Å². The Morgan fingerprint density at radius 2 is 1.95 bits per heavy atom. The van der Waals surface area contributed by atoms with E-state index in [9.17, 15) is 4.79 Å². The van der Waals surface area contributed by atoms with E-state index in [2.05, 4.69) is 39.1 Å². The highest BCUT2D eigenvalue weighted by Crippen LogP contribution is 2.19. The van der Waals surface area contributed by atoms with E-state index < -0.39 is 0 Å². The molecule has 3 heteroatoms. The number of piperidine rings is 1. The smallest absolute Gasteiger partial charge is 0.253 e. The number of nitrogens with one attached hydrogen (secondary N) is 1. The molecule has 1 aromatic carbocycles. The van der Waals surface area contributed by atoms with Crippen molar-refractivity contribution in [3.05, 3.63) is 34.9 Å². The molecule has 1 aromatic rings. The van der Waals surface area contributed by atoms with Gasteiger partial charge in [-0.3, -0.25) is 4.79 Å². The van der Waals surface area contributed by atoms with Gasteiger partial charge in [-0.1, -0.05) is 31.0 Å². The van der Waals surface area contributed by atoms with E-state index in [-0.39, 0.29) is 5.91 Å². The molecule has 1 aliphatic rings. The van der Waals surface area contributed by atoms with E-state index in [1.54, 1.807) is 0 Å². The topological polar surface area (TPSA) is 32.3 Å². The molecule has 2 rings (SSSR count). The molecule has 116 valence electrons. The van der Waals surface area contributed by atoms with Crippen molar-refractivity contribution in [3.8, 4) is 0 Å². The van der Waals surface area contributed by atoms with E-state index in [1.165, 1.54) is 6.42 Å². The quantitative estimate of drug-likeness (QED) is 0.923. The summed E-state index contributed by atoms with van der Waals surface area (Å²) in [5.74, 6) is 0.770. The third kappa shape index (κ3) is 4.57. The van der Waals surface area contributed by atoms with Gasteiger partial charge in [0.15, 0.2) is 0 Å². The van der Waals surface area contributed by atoms with Crippen molar-refractivity contribution in [3.63, 3.8) is 0 Å². The number of nitrogens with zero attached hydrogens (tertiary/aromatic N) is 1. The normalized spacial score (nSPS) is 19.1. The second-order valence-electron chi connectivity index (χ2n) is 6.70. The molecule has 1 heterocycles. The van der Waals surface area contributed by atoms with Crippen LogP contribution < -0.4 is 5.32 Å². The van der Waals surface area contributed by atoms with Crippen LogP contribution in [0.4, 0.5) is 0 Å². The Balaban J connectivity index is 2.01. The zero-order chi connectivity index (χ0) is 15.4. The van der Waals surface area contributed by atoms with Crippen molar-refractivity contribution >= 4 is 5.91 Å². The summed E-state index contributed by atoms with van der Waals surface area (Å²) >= 11 is 0. The lowest BCUT2D eigenvalue weighted by molar-refractivity contribution is 0.0672. The minimum atomic E-state index is 0.191. The van der Waals surface area contributed by atoms with Crippen LogP contribution in [0, 0.1) is 19.8 Å². The molecule has 1 N–H and O–H groups in total. The first-order valence-corrected chi connectivity index (χ1v) is 8.06. The Hall–Kier alpha value is -1.35. The van der Waals surface area contributed by atoms with Crippen molar-refractivity contribution in [1.29, 1.82) is 0 Å². The zero-order valence-electron chi connectivity index (χ0n) is 13.8. The number of carbonyl (C=O) groups is 1. The van der Waals surface area contributed by atoms with Crippen LogP contribution in [0.3, 0.4) is 0 Å². The number of carbonyl (C=O) groups excluding carboxylic acids is 1. The van der Waals surface area contributed by atoms with Gasteiger partial charge >= 0.3 is 0 Å². The van der Waals surface area contributed by atoms with Gasteiger partial charge in [0, 0.05) is 24.7 Å². The molecule has 3 nitrogen and oxygen atoms in total. The second-order valence-corrected chi connectivity index (χ2v) is 6.70. The van der Waals surface area contributed by atoms with Gasteiger partial charge < -0.3 is 10.2 Å². The average molecular weight is 288 g/mol. The van der Waals surface area contributed by atoms with Crippen LogP contribution in [-0.2, 0) is 0 Å². The Morgan fingerprint density at radius 3 is 2.57 bits per heavy atom. The molecular formula is C18H28N2O. The van der Waals surface area contributed by atoms with Gasteiger partial charge in [-0.25, -0.2) is 0 Å². The summed E-state index contributed by atoms with van der Waals surface area (Å²) in [4.78, 5) is 14.7. The molecule has 0 bridgehead atoms. The second kappa shape index (κ2) is 7.08. The minimum absolute atomic E-state index is 0.191. The van der Waals surface area contributed by atoms with Gasteiger partial charge in [-0.05, 0) is 51.3 Å². The Morgan fingerprint density at radius 1 is 1.29 bits per heavy atom. The van der Waals surface area contributed by atoms with Crippen LogP contribution in [0.2, 0.25) is 0 Å². The minimum Gasteiger partial charge on any atom is -0.338 e. The summed E-state index contributed by atoms with van der Waals surface area (Å²) in [6.45, 7) is 11.2. The van der Waals surface area contributed by atoms with Crippen molar-refractivity contribution in [2.75, 3.05) is 19.6 Å². The third-order valence-corrected chi connectivity index (χ3v) is 4.09. The summed E-state index contributed by atoms with van der Waals surface area (Å²) < 4.78 is 0. The van der Waals surface area contributed by atoms with E-state index in [4.69, 9.17) is 0 Å². The first-order chi connectivity index (χ1) is 9.95. The summed E-state index contributed by atoms with van der Waals surface area (Å²) in [6, 6.07) is 6.63. The summed E-state index contributed by atoms with van der Waals surface area (Å²) in [7, 11) is 0. The van der Waals surface area contributed by atoms with Gasteiger partial charge in [0.25, 0.3) is 5.91 Å². The van der Waals surface area contributed by atoms with Crippen LogP contribution in [0.25, 0.3) is 0 Å². The lowest BCUT2D eigenvalue weighted by Gasteiger charge is -2.33. The summed E-state index contributed by atoms with van der Waals surface area (Å²) in [5.41, 5.74) is 3.16. The fourth-order valence-corrected chi connectivity index (χ4v) is 3.10. The Bertz CT molecular complexity index is 476. The van der Waals surface area contributed by atoms with Crippen molar-refractivity contribution in [1.82, 2.24) is 10.2 Å². The molecule has 0 spiro atoms. The van der Waals surface area contributed by atoms with Gasteiger partial charge in [-0.2, -0.15) is 0 Å². The highest BCUT2D eigenvalue weighted by Gasteiger charge is 2.24. The highest BCUT2D eigenvalue weighted by molar-refractivity contribution is 5.94. The molecule has 1 saturated heterocycles. The number of amides is 1. The van der Waals surface area contributed by atoms with Crippen LogP contribution in [-0.4, -0.2) is 36.5 Å². The fraction of sp³-hybridized carbons (Fsp3) is 0.611. The molecule has 21 heavy (non-hydrogen) atoms. The van der Waals surface area contributed by atoms with E-state index in [1.807, 2.05) is 17.0 Å². The number of aryl methyl sites for hydroxylation is 2. The van der Waals surface area contributed by atoms with E-state index in [0.29, 0.717) is 12.0 Å². The maximum absolute atomic E-state index is 12.7. The predicted molar refractivity (Wildman–Crippen MR) is 87.7 cm³/mol. The number of hydrogen-bond donors (Lipinski definition) is 1. The molecular weight excluding hydrogens is 260 g/mol. The summed E-state index contributed by atoms with van der Waals surface area (Å²) in [6.07, 6.45) is 2.33. The molecule has 1 unspecified atom stereocenters. The van der Waals surface area contributed by atoms with Crippen molar-refractivity contribution in [2.45, 2.75) is 46.6 Å². The van der Waals surface area contributed by atoms with Crippen LogP contribution >= 0.6 is 0 Å². The van der Waals surface area contributed by atoms with Crippen molar-refractivity contribution in [2.24, 2.45) is 5.92 Å². The average Bonchev–Trinajstić information content (AvgIpc) is 2.43. The molecule has 1 fully saturated rings. The summed E-state index contributed by atoms with van der Waals surface area (Å²) in [5, 5.41) is 3.49. The Labute approximate surface area is 128 Å². The number of benzene rings is 1. The monoisotopic (exact) mass is 288 g/mol. The fourth-order valence-electron chi connectivity index (χ4n) is 3.10. The molecule has 0 saturated carbocycles. The zero-order valence-corrected chi connectivity index (χ0v) is 13.8. The Kier molecular flexibility index (Phi) is 5.40. The van der Waals surface area contributed by atoms with Crippen molar-refractivity contribution < 1.29 is 4.79 Å². The van der Waals surface area contributed by atoms with Crippen LogP contribution in [0.5, 0.6) is 0 Å². The standard InChI is InChI=1S/C18H28N2O/c1-13(2)19-11-16-6-5-7-20(12-16)18(21)17-9-14(3)8-15(4)10-17/h8-10,13,16,19H,5-7,11-12H2,1-4H3. The van der Waals surface area contributed by atoms with Gasteiger partial charge in [0.05, 0.1) is 0 Å². The predicted octanol–water partition coefficient (Wildman–Crippen LogP) is 3.15. The highest BCUT2D eigenvalue weighted by atomic mass is 16.2. The lowest BCUT2D eigenvalue weighted by Crippen LogP contribution is -2.43. The molecule has 1 atom stereocenters. The van der Waals surface area contributed by atoms with Gasteiger partial charge in [-0.15, -0.1) is 0 Å². The maximum atomic E-state index is 12.7. The number of hydrogen-bond acceptors (Lipinski definition) is 2. The van der Waals surface area contributed by atoms with Gasteiger partial charge in [0.2, 0.25) is 0 Å².